The van der Waals surface area contributed by atoms with Crippen molar-refractivity contribution in [2.24, 2.45) is 0 Å². The number of hydrogen-bond donors (Lipinski definition) is 1. The van der Waals surface area contributed by atoms with Crippen molar-refractivity contribution in [1.82, 2.24) is 4.90 Å². The van der Waals surface area contributed by atoms with Crippen LogP contribution in [0.1, 0.15) is 46.3 Å². The molecule has 5 heteroatoms. The van der Waals surface area contributed by atoms with Crippen LogP contribution in [0.3, 0.4) is 0 Å². The number of benzene rings is 2. The second-order valence-electron chi connectivity index (χ2n) is 7.78. The lowest BCUT2D eigenvalue weighted by molar-refractivity contribution is 0.0506. The van der Waals surface area contributed by atoms with Crippen LogP contribution in [-0.2, 0) is 17.7 Å². The first-order chi connectivity index (χ1) is 13.6. The van der Waals surface area contributed by atoms with Crippen LogP contribution in [0.15, 0.2) is 40.9 Å². The molecule has 2 heterocycles. The van der Waals surface area contributed by atoms with Gasteiger partial charge in [-0.25, -0.2) is 0 Å². The fraction of sp³-hybridized carbons (Fsp3) is 0.435. The third-order valence-electron chi connectivity index (χ3n) is 5.63. The average Bonchev–Trinajstić information content (AvgIpc) is 3.21. The minimum Gasteiger partial charge on any atom is -0.385 e. The summed E-state index contributed by atoms with van der Waals surface area (Å²) in [7, 11) is 0. The SMILES string of the molecule is Cc1ccc(CN(CC2CCCO2)C(=O)c2cccc3c2CCCN3)c(Br)c1. The lowest BCUT2D eigenvalue weighted by Crippen LogP contribution is -2.37. The summed E-state index contributed by atoms with van der Waals surface area (Å²) in [5.41, 5.74) is 5.41. The summed E-state index contributed by atoms with van der Waals surface area (Å²) < 4.78 is 6.90. The maximum atomic E-state index is 13.6. The number of aryl methyl sites for hydroxylation is 1. The van der Waals surface area contributed by atoms with Crippen molar-refractivity contribution in [3.8, 4) is 0 Å². The van der Waals surface area contributed by atoms with E-state index < -0.39 is 0 Å². The van der Waals surface area contributed by atoms with Crippen molar-refractivity contribution in [3.63, 3.8) is 0 Å². The van der Waals surface area contributed by atoms with Crippen LogP contribution in [0.4, 0.5) is 5.69 Å². The number of rotatable bonds is 5. The fourth-order valence-electron chi connectivity index (χ4n) is 4.12. The van der Waals surface area contributed by atoms with Gasteiger partial charge in [-0.2, -0.15) is 0 Å². The molecule has 2 aromatic carbocycles. The van der Waals surface area contributed by atoms with E-state index in [1.165, 1.54) is 5.56 Å². The molecule has 2 aliphatic heterocycles. The van der Waals surface area contributed by atoms with Gasteiger partial charge in [0.25, 0.3) is 5.91 Å². The van der Waals surface area contributed by atoms with E-state index in [1.54, 1.807) is 0 Å². The van der Waals surface area contributed by atoms with E-state index in [9.17, 15) is 4.79 Å². The standard InChI is InChI=1S/C23H27BrN2O2/c1-16-9-10-17(21(24)13-16)14-26(15-18-5-4-12-28-18)23(27)20-6-2-8-22-19(20)7-3-11-25-22/h2,6,8-10,13,18,25H,3-5,7,11-12,14-15H2,1H3. The van der Waals surface area contributed by atoms with Crippen LogP contribution in [0.5, 0.6) is 0 Å². The van der Waals surface area contributed by atoms with Crippen molar-refractivity contribution in [3.05, 3.63) is 63.1 Å². The Morgan fingerprint density at radius 3 is 2.96 bits per heavy atom. The number of halogens is 1. The largest absolute Gasteiger partial charge is 0.385 e. The number of hydrogen-bond acceptors (Lipinski definition) is 3. The van der Waals surface area contributed by atoms with E-state index in [2.05, 4.69) is 52.4 Å². The van der Waals surface area contributed by atoms with Gasteiger partial charge in [0.1, 0.15) is 0 Å². The molecule has 28 heavy (non-hydrogen) atoms. The lowest BCUT2D eigenvalue weighted by Gasteiger charge is -2.28. The van der Waals surface area contributed by atoms with Crippen LogP contribution >= 0.6 is 15.9 Å². The summed E-state index contributed by atoms with van der Waals surface area (Å²) in [5.74, 6) is 0.100. The number of ether oxygens (including phenoxy) is 1. The Morgan fingerprint density at radius 2 is 2.18 bits per heavy atom. The third-order valence-corrected chi connectivity index (χ3v) is 6.37. The number of amides is 1. The summed E-state index contributed by atoms with van der Waals surface area (Å²) >= 11 is 3.67. The normalized spacial score (nSPS) is 18.4. The minimum absolute atomic E-state index is 0.100. The monoisotopic (exact) mass is 442 g/mol. The smallest absolute Gasteiger partial charge is 0.254 e. The zero-order valence-corrected chi connectivity index (χ0v) is 17.9. The van der Waals surface area contributed by atoms with Crippen LogP contribution < -0.4 is 5.32 Å². The molecule has 0 bridgehead atoms. The third kappa shape index (κ3) is 4.26. The molecule has 0 saturated carbocycles. The summed E-state index contributed by atoms with van der Waals surface area (Å²) in [6, 6.07) is 12.3. The van der Waals surface area contributed by atoms with E-state index in [0.717, 1.165) is 65.7 Å². The number of carbonyl (C=O) groups excluding carboxylic acids is 1. The molecule has 148 valence electrons. The molecule has 1 atom stereocenters. The summed E-state index contributed by atoms with van der Waals surface area (Å²) in [5, 5.41) is 3.43. The number of fused-ring (bicyclic) bond motifs is 1. The first kappa shape index (κ1) is 19.5. The molecular formula is C23H27BrN2O2. The summed E-state index contributed by atoms with van der Waals surface area (Å²) in [6.07, 6.45) is 4.24. The van der Waals surface area contributed by atoms with E-state index in [1.807, 2.05) is 17.0 Å². The van der Waals surface area contributed by atoms with E-state index in [4.69, 9.17) is 4.74 Å². The summed E-state index contributed by atoms with van der Waals surface area (Å²) in [4.78, 5) is 15.6. The Hall–Kier alpha value is -1.85. The van der Waals surface area contributed by atoms with E-state index in [0.29, 0.717) is 13.1 Å². The predicted octanol–water partition coefficient (Wildman–Crippen LogP) is 4.94. The molecule has 0 radical (unpaired) electrons. The highest BCUT2D eigenvalue weighted by Gasteiger charge is 2.26. The van der Waals surface area contributed by atoms with Gasteiger partial charge in [0, 0.05) is 42.0 Å². The van der Waals surface area contributed by atoms with Gasteiger partial charge in [-0.15, -0.1) is 0 Å². The number of carbonyl (C=O) groups is 1. The maximum Gasteiger partial charge on any atom is 0.254 e. The molecule has 1 unspecified atom stereocenters. The zero-order chi connectivity index (χ0) is 19.5. The molecule has 2 aromatic rings. The van der Waals surface area contributed by atoms with Gasteiger partial charge in [0.2, 0.25) is 0 Å². The molecule has 1 amide bonds. The predicted molar refractivity (Wildman–Crippen MR) is 116 cm³/mol. The van der Waals surface area contributed by atoms with Gasteiger partial charge in [-0.3, -0.25) is 4.79 Å². The second kappa shape index (κ2) is 8.66. The zero-order valence-electron chi connectivity index (χ0n) is 16.3. The van der Waals surface area contributed by atoms with Crippen molar-refractivity contribution in [2.75, 3.05) is 25.0 Å². The molecule has 0 aromatic heterocycles. The molecule has 4 nitrogen and oxygen atoms in total. The Balaban J connectivity index is 1.63. The Morgan fingerprint density at radius 1 is 1.29 bits per heavy atom. The van der Waals surface area contributed by atoms with Gasteiger partial charge < -0.3 is 15.0 Å². The van der Waals surface area contributed by atoms with Gasteiger partial charge >= 0.3 is 0 Å². The van der Waals surface area contributed by atoms with Crippen molar-refractivity contribution >= 4 is 27.5 Å². The van der Waals surface area contributed by atoms with Crippen LogP contribution in [0.2, 0.25) is 0 Å². The van der Waals surface area contributed by atoms with Gasteiger partial charge in [0.05, 0.1) is 6.10 Å². The molecule has 0 spiro atoms. The lowest BCUT2D eigenvalue weighted by atomic mass is 9.96. The second-order valence-corrected chi connectivity index (χ2v) is 8.63. The average molecular weight is 443 g/mol. The van der Waals surface area contributed by atoms with Crippen molar-refractivity contribution in [1.29, 1.82) is 0 Å². The highest BCUT2D eigenvalue weighted by molar-refractivity contribution is 9.10. The minimum atomic E-state index is 0.100. The first-order valence-corrected chi connectivity index (χ1v) is 10.9. The molecule has 1 N–H and O–H groups in total. The molecule has 2 aliphatic rings. The molecule has 4 rings (SSSR count). The Labute approximate surface area is 175 Å². The first-order valence-electron chi connectivity index (χ1n) is 10.1. The van der Waals surface area contributed by atoms with Crippen LogP contribution in [0.25, 0.3) is 0 Å². The highest BCUT2D eigenvalue weighted by atomic mass is 79.9. The Kier molecular flexibility index (Phi) is 6.02. The van der Waals surface area contributed by atoms with Crippen LogP contribution in [-0.4, -0.2) is 36.6 Å². The summed E-state index contributed by atoms with van der Waals surface area (Å²) in [6.45, 7) is 5.06. The van der Waals surface area contributed by atoms with E-state index >= 15 is 0 Å². The fourth-order valence-corrected chi connectivity index (χ4v) is 4.74. The highest BCUT2D eigenvalue weighted by Crippen LogP contribution is 2.28. The number of anilines is 1. The van der Waals surface area contributed by atoms with Gasteiger partial charge in [0.15, 0.2) is 0 Å². The van der Waals surface area contributed by atoms with E-state index in [-0.39, 0.29) is 12.0 Å². The molecule has 0 aliphatic carbocycles. The van der Waals surface area contributed by atoms with Crippen molar-refractivity contribution < 1.29 is 9.53 Å². The molecular weight excluding hydrogens is 416 g/mol. The molecule has 1 saturated heterocycles. The number of nitrogens with one attached hydrogen (secondary N) is 1. The maximum absolute atomic E-state index is 13.6. The Bertz CT molecular complexity index is 862. The number of nitrogens with zero attached hydrogens (tertiary/aromatic N) is 1. The topological polar surface area (TPSA) is 41.6 Å². The van der Waals surface area contributed by atoms with Crippen LogP contribution in [0, 0.1) is 6.92 Å². The van der Waals surface area contributed by atoms with Gasteiger partial charge in [-0.05, 0) is 67.5 Å². The molecule has 1 fully saturated rings. The van der Waals surface area contributed by atoms with Crippen molar-refractivity contribution in [2.45, 2.75) is 45.3 Å². The quantitative estimate of drug-likeness (QED) is 0.712. The van der Waals surface area contributed by atoms with Gasteiger partial charge in [-0.1, -0.05) is 34.1 Å².